The zero-order valence-corrected chi connectivity index (χ0v) is 11.0. The van der Waals surface area contributed by atoms with Gasteiger partial charge in [0.25, 0.3) is 0 Å². The highest BCUT2D eigenvalue weighted by Crippen LogP contribution is 2.23. The van der Waals surface area contributed by atoms with E-state index < -0.39 is 0 Å². The number of thioether (sulfide) groups is 1. The molecule has 96 valence electrons. The number of amidine groups is 1. The zero-order chi connectivity index (χ0) is 13.0. The smallest absolute Gasteiger partial charge is 0.166 e. The molecule has 0 atom stereocenters. The van der Waals surface area contributed by atoms with Crippen LogP contribution < -0.4 is 10.5 Å². The first kappa shape index (κ1) is 12.8. The number of ether oxygens (including phenoxy) is 1. The number of imidazole rings is 1. The number of aromatic amines is 1. The van der Waals surface area contributed by atoms with E-state index in [0.29, 0.717) is 13.0 Å². The lowest BCUT2D eigenvalue weighted by Gasteiger charge is -2.00. The van der Waals surface area contributed by atoms with E-state index in [4.69, 9.17) is 15.9 Å². The number of hydrogen-bond donors (Lipinski definition) is 3. The number of hydrogen-bond acceptors (Lipinski definition) is 4. The first-order chi connectivity index (χ1) is 8.69. The zero-order valence-electron chi connectivity index (χ0n) is 10.2. The van der Waals surface area contributed by atoms with Crippen LogP contribution >= 0.6 is 11.8 Å². The van der Waals surface area contributed by atoms with Gasteiger partial charge >= 0.3 is 0 Å². The van der Waals surface area contributed by atoms with Crippen LogP contribution in [-0.2, 0) is 0 Å². The summed E-state index contributed by atoms with van der Waals surface area (Å²) in [7, 11) is 0. The van der Waals surface area contributed by atoms with Crippen molar-refractivity contribution >= 4 is 28.6 Å². The first-order valence-electron chi connectivity index (χ1n) is 5.77. The fraction of sp³-hybridized carbons (Fsp3) is 0.333. The van der Waals surface area contributed by atoms with E-state index >= 15 is 0 Å². The van der Waals surface area contributed by atoms with Crippen molar-refractivity contribution in [3.63, 3.8) is 0 Å². The molecule has 18 heavy (non-hydrogen) atoms. The quantitative estimate of drug-likeness (QED) is 0.424. The van der Waals surface area contributed by atoms with Crippen molar-refractivity contribution in [2.24, 2.45) is 5.73 Å². The topological polar surface area (TPSA) is 87.8 Å². The van der Waals surface area contributed by atoms with Gasteiger partial charge in [-0.1, -0.05) is 11.8 Å². The number of rotatable bonds is 6. The minimum atomic E-state index is 0.206. The molecule has 1 aromatic carbocycles. The molecule has 1 aromatic heterocycles. The average molecular weight is 264 g/mol. The van der Waals surface area contributed by atoms with Crippen LogP contribution in [0.4, 0.5) is 0 Å². The van der Waals surface area contributed by atoms with Gasteiger partial charge in [0.05, 0.1) is 23.5 Å². The standard InChI is InChI=1S/C12H16N4OS/c1-2-17-8-3-4-9-10(7-8)16-12(15-9)18-6-5-11(13)14/h3-4,7H,2,5-6H2,1H3,(H3,13,14)(H,15,16). The number of nitrogens with one attached hydrogen (secondary N) is 2. The molecule has 0 bridgehead atoms. The molecule has 6 heteroatoms. The van der Waals surface area contributed by atoms with Gasteiger partial charge in [0, 0.05) is 18.2 Å². The Morgan fingerprint density at radius 1 is 1.56 bits per heavy atom. The third-order valence-corrected chi connectivity index (χ3v) is 3.23. The molecular formula is C12H16N4OS. The lowest BCUT2D eigenvalue weighted by Crippen LogP contribution is -2.09. The number of fused-ring (bicyclic) bond motifs is 1. The summed E-state index contributed by atoms with van der Waals surface area (Å²) in [5.41, 5.74) is 7.19. The maximum atomic E-state index is 7.16. The van der Waals surface area contributed by atoms with Crippen molar-refractivity contribution in [1.29, 1.82) is 5.41 Å². The van der Waals surface area contributed by atoms with Crippen molar-refractivity contribution in [2.75, 3.05) is 12.4 Å². The summed E-state index contributed by atoms with van der Waals surface area (Å²) in [4.78, 5) is 7.68. The third-order valence-electron chi connectivity index (χ3n) is 2.35. The molecular weight excluding hydrogens is 248 g/mol. The molecule has 2 aromatic rings. The molecule has 2 rings (SSSR count). The molecule has 0 aliphatic rings. The highest BCUT2D eigenvalue weighted by atomic mass is 32.2. The van der Waals surface area contributed by atoms with Crippen LogP contribution in [0.1, 0.15) is 13.3 Å². The lowest BCUT2D eigenvalue weighted by molar-refractivity contribution is 0.340. The fourth-order valence-corrected chi connectivity index (χ4v) is 2.41. The Hall–Kier alpha value is -1.69. The Bertz CT molecular complexity index is 552. The van der Waals surface area contributed by atoms with Gasteiger partial charge in [0.15, 0.2) is 5.16 Å². The number of aromatic nitrogens is 2. The summed E-state index contributed by atoms with van der Waals surface area (Å²) < 4.78 is 5.44. The summed E-state index contributed by atoms with van der Waals surface area (Å²) in [5.74, 6) is 1.80. The Kier molecular flexibility index (Phi) is 4.09. The highest BCUT2D eigenvalue weighted by molar-refractivity contribution is 7.99. The molecule has 1 heterocycles. The van der Waals surface area contributed by atoms with E-state index in [-0.39, 0.29) is 5.84 Å². The van der Waals surface area contributed by atoms with Crippen LogP contribution in [0, 0.1) is 5.41 Å². The van der Waals surface area contributed by atoms with Crippen LogP contribution in [0.15, 0.2) is 23.4 Å². The summed E-state index contributed by atoms with van der Waals surface area (Å²) in [6.07, 6.45) is 0.575. The van der Waals surface area contributed by atoms with E-state index in [1.165, 1.54) is 0 Å². The van der Waals surface area contributed by atoms with Crippen LogP contribution in [0.2, 0.25) is 0 Å². The predicted octanol–water partition coefficient (Wildman–Crippen LogP) is 2.38. The number of benzene rings is 1. The summed E-state index contributed by atoms with van der Waals surface area (Å²) in [6, 6.07) is 5.80. The van der Waals surface area contributed by atoms with Gasteiger partial charge in [-0.25, -0.2) is 4.98 Å². The third kappa shape index (κ3) is 3.16. The fourth-order valence-electron chi connectivity index (χ4n) is 1.55. The highest BCUT2D eigenvalue weighted by Gasteiger charge is 2.04. The summed E-state index contributed by atoms with van der Waals surface area (Å²) in [6.45, 7) is 2.61. The lowest BCUT2D eigenvalue weighted by atomic mass is 10.3. The molecule has 5 nitrogen and oxygen atoms in total. The molecule has 4 N–H and O–H groups in total. The average Bonchev–Trinajstić information content (AvgIpc) is 2.71. The van der Waals surface area contributed by atoms with E-state index in [2.05, 4.69) is 9.97 Å². The van der Waals surface area contributed by atoms with Crippen LogP contribution in [-0.4, -0.2) is 28.2 Å². The molecule has 0 saturated carbocycles. The maximum absolute atomic E-state index is 7.16. The molecule has 0 amide bonds. The first-order valence-corrected chi connectivity index (χ1v) is 6.76. The van der Waals surface area contributed by atoms with E-state index in [0.717, 1.165) is 27.7 Å². The van der Waals surface area contributed by atoms with Gasteiger partial charge in [-0.2, -0.15) is 0 Å². The molecule has 0 aliphatic heterocycles. The Labute approximate surface area is 110 Å². The van der Waals surface area contributed by atoms with Gasteiger partial charge in [0.2, 0.25) is 0 Å². The van der Waals surface area contributed by atoms with Gasteiger partial charge in [-0.3, -0.25) is 5.41 Å². The van der Waals surface area contributed by atoms with Crippen LogP contribution in [0.3, 0.4) is 0 Å². The van der Waals surface area contributed by atoms with Gasteiger partial charge < -0.3 is 15.5 Å². The number of nitrogens with two attached hydrogens (primary N) is 1. The molecule has 0 unspecified atom stereocenters. The van der Waals surface area contributed by atoms with Crippen LogP contribution in [0.25, 0.3) is 11.0 Å². The van der Waals surface area contributed by atoms with Crippen LogP contribution in [0.5, 0.6) is 5.75 Å². The van der Waals surface area contributed by atoms with Crippen molar-refractivity contribution < 1.29 is 4.74 Å². The van der Waals surface area contributed by atoms with Gasteiger partial charge in [0.1, 0.15) is 5.75 Å². The Balaban J connectivity index is 2.09. The van der Waals surface area contributed by atoms with Crippen molar-refractivity contribution in [1.82, 2.24) is 9.97 Å². The van der Waals surface area contributed by atoms with Gasteiger partial charge in [-0.15, -0.1) is 0 Å². The van der Waals surface area contributed by atoms with Crippen molar-refractivity contribution in [3.8, 4) is 5.75 Å². The minimum Gasteiger partial charge on any atom is -0.494 e. The van der Waals surface area contributed by atoms with Crippen molar-refractivity contribution in [2.45, 2.75) is 18.5 Å². The normalized spacial score (nSPS) is 10.7. The minimum absolute atomic E-state index is 0.206. The predicted molar refractivity (Wildman–Crippen MR) is 74.5 cm³/mol. The second-order valence-corrected chi connectivity index (χ2v) is 4.86. The molecule has 0 spiro atoms. The Morgan fingerprint density at radius 3 is 3.11 bits per heavy atom. The Morgan fingerprint density at radius 2 is 2.39 bits per heavy atom. The van der Waals surface area contributed by atoms with E-state index in [9.17, 15) is 0 Å². The summed E-state index contributed by atoms with van der Waals surface area (Å²) in [5, 5.41) is 8.01. The molecule has 0 fully saturated rings. The second-order valence-electron chi connectivity index (χ2n) is 3.78. The maximum Gasteiger partial charge on any atom is 0.166 e. The SMILES string of the molecule is CCOc1ccc2nc(SCCC(=N)N)[nH]c2c1. The van der Waals surface area contributed by atoms with E-state index in [1.54, 1.807) is 11.8 Å². The van der Waals surface area contributed by atoms with Gasteiger partial charge in [-0.05, 0) is 19.1 Å². The monoisotopic (exact) mass is 264 g/mol. The number of H-pyrrole nitrogens is 1. The second kappa shape index (κ2) is 5.77. The molecule has 0 saturated heterocycles. The summed E-state index contributed by atoms with van der Waals surface area (Å²) >= 11 is 1.57. The largest absolute Gasteiger partial charge is 0.494 e. The molecule has 0 radical (unpaired) electrons. The number of nitrogens with zero attached hydrogens (tertiary/aromatic N) is 1. The van der Waals surface area contributed by atoms with E-state index in [1.807, 2.05) is 25.1 Å². The molecule has 0 aliphatic carbocycles. The van der Waals surface area contributed by atoms with Crippen molar-refractivity contribution in [3.05, 3.63) is 18.2 Å².